The van der Waals surface area contributed by atoms with Gasteiger partial charge in [0.1, 0.15) is 28.6 Å². The maximum absolute atomic E-state index is 12.5. The van der Waals surface area contributed by atoms with Gasteiger partial charge in [0.25, 0.3) is 5.91 Å². The van der Waals surface area contributed by atoms with Crippen molar-refractivity contribution >= 4 is 51.1 Å². The van der Waals surface area contributed by atoms with Crippen molar-refractivity contribution in [3.63, 3.8) is 0 Å². The average molecular weight is 474 g/mol. The highest BCUT2D eigenvalue weighted by Gasteiger charge is 2.54. The van der Waals surface area contributed by atoms with Gasteiger partial charge < -0.3 is 10.4 Å². The third-order valence-corrected chi connectivity index (χ3v) is 7.87. The maximum atomic E-state index is 12.5. The fourth-order valence-electron chi connectivity index (χ4n) is 2.85. The van der Waals surface area contributed by atoms with Crippen molar-refractivity contribution in [1.29, 1.82) is 5.26 Å². The van der Waals surface area contributed by atoms with Crippen LogP contribution in [0.5, 0.6) is 0 Å². The molecule has 0 bridgehead atoms. The molecule has 2 N–H and O–H groups in total. The third-order valence-electron chi connectivity index (χ3n) is 4.16. The number of carboxylic acid groups (broad SMARTS) is 1. The largest absolute Gasteiger partial charge is 0.477 e. The summed E-state index contributed by atoms with van der Waals surface area (Å²) in [7, 11) is -2.26. The number of sulfone groups is 1. The number of β-lactam (4-membered cyclic amide) rings is 1. The van der Waals surface area contributed by atoms with Crippen LogP contribution in [0.1, 0.15) is 0 Å². The zero-order chi connectivity index (χ0) is 22.1. The van der Waals surface area contributed by atoms with Crippen LogP contribution in [0.2, 0.25) is 0 Å². The van der Waals surface area contributed by atoms with Gasteiger partial charge in [0.2, 0.25) is 11.1 Å². The molecule has 2 amide bonds. The first-order valence-electron chi connectivity index (χ1n) is 8.26. The first-order chi connectivity index (χ1) is 14.1. The second-order valence-electron chi connectivity index (χ2n) is 6.28. The quantitative estimate of drug-likeness (QED) is 0.312. The first kappa shape index (κ1) is 22.1. The monoisotopic (exact) mass is 473 g/mol. The van der Waals surface area contributed by atoms with Crippen LogP contribution in [0.4, 0.5) is 0 Å². The molecule has 0 aliphatic carbocycles. The molecular formula is C14H15N7O6S3. The van der Waals surface area contributed by atoms with Gasteiger partial charge in [-0.25, -0.2) is 17.9 Å². The van der Waals surface area contributed by atoms with Gasteiger partial charge in [0.05, 0.1) is 6.07 Å². The van der Waals surface area contributed by atoms with E-state index in [0.29, 0.717) is 16.5 Å². The van der Waals surface area contributed by atoms with Gasteiger partial charge in [0, 0.05) is 18.6 Å². The normalized spacial score (nSPS) is 20.9. The van der Waals surface area contributed by atoms with Crippen LogP contribution < -0.4 is 5.32 Å². The van der Waals surface area contributed by atoms with E-state index in [2.05, 4.69) is 20.8 Å². The lowest BCUT2D eigenvalue weighted by Gasteiger charge is -2.49. The number of amides is 2. The Kier molecular flexibility index (Phi) is 6.33. The van der Waals surface area contributed by atoms with Crippen molar-refractivity contribution in [3.8, 4) is 6.07 Å². The number of nitrogens with zero attached hydrogens (tertiary/aromatic N) is 6. The predicted octanol–water partition coefficient (Wildman–Crippen LogP) is -2.02. The van der Waals surface area contributed by atoms with Crippen LogP contribution in [-0.4, -0.2) is 90.8 Å². The Morgan fingerprint density at radius 2 is 2.20 bits per heavy atom. The average Bonchev–Trinajstić information content (AvgIpc) is 3.07. The van der Waals surface area contributed by atoms with Crippen molar-refractivity contribution in [3.05, 3.63) is 11.3 Å². The number of carbonyl (C=O) groups excluding carboxylic acids is 2. The number of fused-ring (bicyclic) bond motifs is 1. The Morgan fingerprint density at radius 3 is 2.80 bits per heavy atom. The number of hydrogen-bond donors (Lipinski definition) is 2. The first-order valence-corrected chi connectivity index (χ1v) is 12.1. The molecule has 1 aromatic rings. The highest BCUT2D eigenvalue weighted by molar-refractivity contribution is 8.01. The number of rotatable bonds is 8. The van der Waals surface area contributed by atoms with Crippen molar-refractivity contribution in [1.82, 2.24) is 30.4 Å². The summed E-state index contributed by atoms with van der Waals surface area (Å²) in [4.78, 5) is 37.4. The molecule has 30 heavy (non-hydrogen) atoms. The number of nitrogens with one attached hydrogen (secondary N) is 1. The van der Waals surface area contributed by atoms with Crippen LogP contribution in [0.3, 0.4) is 0 Å². The number of nitriles is 1. The number of aliphatic carboxylic acids is 1. The smallest absolute Gasteiger partial charge is 0.352 e. The lowest BCUT2D eigenvalue weighted by Crippen LogP contribution is -2.71. The van der Waals surface area contributed by atoms with Crippen LogP contribution >= 0.6 is 23.5 Å². The molecule has 13 nitrogen and oxygen atoms in total. The number of tetrazole rings is 1. The Hall–Kier alpha value is -2.64. The standard InChI is InChI=1S/C14H15N7O6S3/c1-20-14(17-18-19-20)29-5-7-4-28-12-9(11(23)21(12)10(7)13(24)25)16-8(22)6-30(26,27)3-2-15/h9,12H,3-6H2,1H3,(H,16,22)(H,24,25). The van der Waals surface area contributed by atoms with Crippen LogP contribution in [0.25, 0.3) is 0 Å². The molecule has 0 saturated carbocycles. The van der Waals surface area contributed by atoms with Gasteiger partial charge >= 0.3 is 5.97 Å². The molecule has 3 heterocycles. The molecule has 2 unspecified atom stereocenters. The van der Waals surface area contributed by atoms with Gasteiger partial charge in [-0.2, -0.15) is 5.26 Å². The highest BCUT2D eigenvalue weighted by atomic mass is 32.2. The summed E-state index contributed by atoms with van der Waals surface area (Å²) in [6.07, 6.45) is 0. The molecule has 1 aromatic heterocycles. The SMILES string of the molecule is Cn1nnnc1SCC1=C(C(=O)O)N2C(=O)C(NC(=O)CS(=O)(=O)CC#N)C2SC1. The Balaban J connectivity index is 1.70. The van der Waals surface area contributed by atoms with Crippen molar-refractivity contribution in [2.75, 3.05) is 23.0 Å². The Morgan fingerprint density at radius 1 is 1.47 bits per heavy atom. The van der Waals surface area contributed by atoms with Gasteiger partial charge in [-0.3, -0.25) is 14.5 Å². The summed E-state index contributed by atoms with van der Waals surface area (Å²) in [6.45, 7) is 0. The molecule has 3 rings (SSSR count). The number of aryl methyl sites for hydroxylation is 1. The predicted molar refractivity (Wildman–Crippen MR) is 103 cm³/mol. The van der Waals surface area contributed by atoms with Crippen LogP contribution in [0.15, 0.2) is 16.4 Å². The molecule has 1 fully saturated rings. The molecule has 2 atom stereocenters. The second kappa shape index (κ2) is 8.62. The number of carbonyl (C=O) groups is 3. The zero-order valence-electron chi connectivity index (χ0n) is 15.4. The lowest BCUT2D eigenvalue weighted by atomic mass is 10.0. The zero-order valence-corrected chi connectivity index (χ0v) is 17.8. The van der Waals surface area contributed by atoms with Crippen molar-refractivity contribution in [2.45, 2.75) is 16.6 Å². The van der Waals surface area contributed by atoms with Crippen LogP contribution in [0, 0.1) is 11.3 Å². The molecule has 16 heteroatoms. The lowest BCUT2D eigenvalue weighted by molar-refractivity contribution is -0.150. The van der Waals surface area contributed by atoms with E-state index in [1.165, 1.54) is 34.3 Å². The molecule has 0 radical (unpaired) electrons. The third kappa shape index (κ3) is 4.42. The highest BCUT2D eigenvalue weighted by Crippen LogP contribution is 2.41. The Bertz CT molecular complexity index is 1080. The molecule has 160 valence electrons. The summed E-state index contributed by atoms with van der Waals surface area (Å²) < 4.78 is 24.6. The number of aromatic nitrogens is 4. The summed E-state index contributed by atoms with van der Waals surface area (Å²) in [6, 6.07) is 0.427. The molecular weight excluding hydrogens is 458 g/mol. The minimum absolute atomic E-state index is 0.158. The van der Waals surface area contributed by atoms with E-state index in [-0.39, 0.29) is 11.4 Å². The van der Waals surface area contributed by atoms with E-state index in [1.807, 2.05) is 0 Å². The summed E-state index contributed by atoms with van der Waals surface area (Å²) >= 11 is 2.49. The molecule has 2 aliphatic rings. The number of carboxylic acids is 1. The van der Waals surface area contributed by atoms with E-state index in [1.54, 1.807) is 7.05 Å². The summed E-state index contributed by atoms with van der Waals surface area (Å²) in [5.74, 6) is -4.01. The van der Waals surface area contributed by atoms with Crippen molar-refractivity contribution < 1.29 is 27.9 Å². The second-order valence-corrected chi connectivity index (χ2v) is 10.4. The number of hydrogen-bond acceptors (Lipinski definition) is 11. The summed E-state index contributed by atoms with van der Waals surface area (Å²) in [5.41, 5.74) is 0.348. The molecule has 1 saturated heterocycles. The van der Waals surface area contributed by atoms with Gasteiger partial charge in [-0.05, 0) is 16.0 Å². The minimum atomic E-state index is -3.90. The van der Waals surface area contributed by atoms with E-state index < -0.39 is 50.5 Å². The molecule has 0 spiro atoms. The van der Waals surface area contributed by atoms with E-state index in [0.717, 1.165) is 4.90 Å². The minimum Gasteiger partial charge on any atom is -0.477 e. The Labute approximate surface area is 178 Å². The fourth-order valence-corrected chi connectivity index (χ4v) is 5.97. The van der Waals surface area contributed by atoms with Gasteiger partial charge in [-0.1, -0.05) is 11.8 Å². The van der Waals surface area contributed by atoms with Gasteiger partial charge in [-0.15, -0.1) is 16.9 Å². The van der Waals surface area contributed by atoms with Crippen LogP contribution in [-0.2, 0) is 31.3 Å². The topological polar surface area (TPSA) is 188 Å². The molecule has 0 aromatic carbocycles. The van der Waals surface area contributed by atoms with Crippen molar-refractivity contribution in [2.24, 2.45) is 7.05 Å². The molecule has 2 aliphatic heterocycles. The van der Waals surface area contributed by atoms with E-state index >= 15 is 0 Å². The number of thioether (sulfide) groups is 2. The summed E-state index contributed by atoms with van der Waals surface area (Å²) in [5, 5.41) is 31.3. The fraction of sp³-hybridized carbons (Fsp3) is 0.500. The van der Waals surface area contributed by atoms with E-state index in [4.69, 9.17) is 5.26 Å². The maximum Gasteiger partial charge on any atom is 0.352 e. The van der Waals surface area contributed by atoms with Gasteiger partial charge in [0.15, 0.2) is 9.84 Å². The van der Waals surface area contributed by atoms with E-state index in [9.17, 15) is 27.9 Å².